The van der Waals surface area contributed by atoms with E-state index >= 15 is 0 Å². The van der Waals surface area contributed by atoms with Crippen LogP contribution in [0.3, 0.4) is 0 Å². The Labute approximate surface area is 128 Å². The summed E-state index contributed by atoms with van der Waals surface area (Å²) in [6.07, 6.45) is 0.483. The Morgan fingerprint density at radius 3 is 2.15 bits per heavy atom. The van der Waals surface area contributed by atoms with E-state index in [1.165, 1.54) is 9.87 Å². The van der Waals surface area contributed by atoms with Gasteiger partial charge in [-0.3, -0.25) is 0 Å². The van der Waals surface area contributed by atoms with E-state index in [4.69, 9.17) is 11.6 Å². The van der Waals surface area contributed by atoms with Gasteiger partial charge >= 0.3 is 0 Å². The fourth-order valence-corrected chi connectivity index (χ4v) is 3.32. The highest BCUT2D eigenvalue weighted by Gasteiger charge is 2.18. The van der Waals surface area contributed by atoms with Gasteiger partial charge in [0.25, 0.3) is 0 Å². The molecule has 0 unspecified atom stereocenters. The van der Waals surface area contributed by atoms with Crippen LogP contribution in [0.1, 0.15) is 38.3 Å². The van der Waals surface area contributed by atoms with E-state index in [1.54, 1.807) is 7.05 Å². The zero-order valence-electron chi connectivity index (χ0n) is 12.7. The van der Waals surface area contributed by atoms with E-state index < -0.39 is 10.0 Å². The molecule has 1 aromatic carbocycles. The SMILES string of the molecule is CN(Cc1ccc(C(C)(C)C)cc1)S(=O)(=O)CCCCl. The Bertz CT molecular complexity index is 518. The van der Waals surface area contributed by atoms with Gasteiger partial charge in [0.1, 0.15) is 0 Å². The molecule has 0 atom stereocenters. The van der Waals surface area contributed by atoms with Gasteiger partial charge in [-0.25, -0.2) is 12.7 Å². The lowest BCUT2D eigenvalue weighted by Gasteiger charge is -2.20. The molecule has 0 aliphatic rings. The summed E-state index contributed by atoms with van der Waals surface area (Å²) in [7, 11) is -1.60. The van der Waals surface area contributed by atoms with Crippen LogP contribution in [0, 0.1) is 0 Å². The fraction of sp³-hybridized carbons (Fsp3) is 0.600. The molecule has 1 rings (SSSR count). The number of rotatable bonds is 6. The molecular formula is C15H24ClNO2S. The first-order valence-electron chi connectivity index (χ1n) is 6.76. The normalized spacial score (nSPS) is 12.9. The second-order valence-electron chi connectivity index (χ2n) is 6.06. The molecule has 0 radical (unpaired) electrons. The minimum Gasteiger partial charge on any atom is -0.212 e. The first kappa shape index (κ1) is 17.5. The topological polar surface area (TPSA) is 37.4 Å². The van der Waals surface area contributed by atoms with Crippen LogP contribution in [-0.4, -0.2) is 31.4 Å². The molecule has 0 aliphatic heterocycles. The van der Waals surface area contributed by atoms with E-state index in [9.17, 15) is 8.42 Å². The largest absolute Gasteiger partial charge is 0.214 e. The van der Waals surface area contributed by atoms with Gasteiger partial charge in [-0.2, -0.15) is 0 Å². The van der Waals surface area contributed by atoms with Crippen molar-refractivity contribution in [1.29, 1.82) is 0 Å². The summed E-state index contributed by atoms with van der Waals surface area (Å²) in [6, 6.07) is 8.12. The molecule has 0 bridgehead atoms. The van der Waals surface area contributed by atoms with Crippen molar-refractivity contribution < 1.29 is 8.42 Å². The lowest BCUT2D eigenvalue weighted by molar-refractivity contribution is 0.466. The second-order valence-corrected chi connectivity index (χ2v) is 8.63. The highest BCUT2D eigenvalue weighted by atomic mass is 35.5. The summed E-state index contributed by atoms with van der Waals surface area (Å²) < 4.78 is 25.4. The molecule has 114 valence electrons. The quantitative estimate of drug-likeness (QED) is 0.754. The van der Waals surface area contributed by atoms with Crippen molar-refractivity contribution in [3.05, 3.63) is 35.4 Å². The van der Waals surface area contributed by atoms with Gasteiger partial charge in [-0.15, -0.1) is 11.6 Å². The Hall–Kier alpha value is -0.580. The van der Waals surface area contributed by atoms with Gasteiger partial charge in [0, 0.05) is 19.5 Å². The Morgan fingerprint density at radius 1 is 1.15 bits per heavy atom. The van der Waals surface area contributed by atoms with Crippen molar-refractivity contribution in [2.75, 3.05) is 18.7 Å². The van der Waals surface area contributed by atoms with Crippen molar-refractivity contribution in [3.8, 4) is 0 Å². The van der Waals surface area contributed by atoms with Crippen molar-refractivity contribution in [3.63, 3.8) is 0 Å². The molecule has 0 aromatic heterocycles. The average Bonchev–Trinajstić information content (AvgIpc) is 2.36. The van der Waals surface area contributed by atoms with Crippen LogP contribution < -0.4 is 0 Å². The second kappa shape index (κ2) is 6.92. The van der Waals surface area contributed by atoms with Crippen molar-refractivity contribution >= 4 is 21.6 Å². The highest BCUT2D eigenvalue weighted by molar-refractivity contribution is 7.89. The molecule has 0 N–H and O–H groups in total. The van der Waals surface area contributed by atoms with E-state index in [0.717, 1.165) is 5.56 Å². The monoisotopic (exact) mass is 317 g/mol. The first-order chi connectivity index (χ1) is 9.16. The van der Waals surface area contributed by atoms with Crippen LogP contribution in [0.2, 0.25) is 0 Å². The summed E-state index contributed by atoms with van der Waals surface area (Å²) in [5, 5.41) is 0. The highest BCUT2D eigenvalue weighted by Crippen LogP contribution is 2.22. The molecule has 0 saturated carbocycles. The summed E-state index contributed by atoms with van der Waals surface area (Å²) in [6.45, 7) is 6.87. The van der Waals surface area contributed by atoms with E-state index in [-0.39, 0.29) is 11.2 Å². The number of nitrogens with zero attached hydrogens (tertiary/aromatic N) is 1. The molecule has 1 aromatic rings. The third-order valence-electron chi connectivity index (χ3n) is 3.24. The van der Waals surface area contributed by atoms with Gasteiger partial charge in [0.15, 0.2) is 0 Å². The number of hydrogen-bond donors (Lipinski definition) is 0. The summed E-state index contributed by atoms with van der Waals surface area (Å²) in [4.78, 5) is 0. The van der Waals surface area contributed by atoms with Crippen LogP contribution in [0.15, 0.2) is 24.3 Å². The molecule has 0 heterocycles. The first-order valence-corrected chi connectivity index (χ1v) is 8.90. The number of hydrogen-bond acceptors (Lipinski definition) is 2. The molecule has 0 saturated heterocycles. The van der Waals surface area contributed by atoms with Crippen LogP contribution in [0.25, 0.3) is 0 Å². The fourth-order valence-electron chi connectivity index (χ4n) is 1.86. The Balaban J connectivity index is 2.74. The number of benzene rings is 1. The third-order valence-corrected chi connectivity index (χ3v) is 5.39. The Morgan fingerprint density at radius 2 is 1.70 bits per heavy atom. The molecule has 0 fully saturated rings. The van der Waals surface area contributed by atoms with E-state index in [2.05, 4.69) is 32.9 Å². The van der Waals surface area contributed by atoms with Gasteiger partial charge in [0.2, 0.25) is 10.0 Å². The Kier molecular flexibility index (Phi) is 6.05. The van der Waals surface area contributed by atoms with Crippen molar-refractivity contribution in [1.82, 2.24) is 4.31 Å². The molecule has 0 aliphatic carbocycles. The van der Waals surface area contributed by atoms with Crippen LogP contribution in [0.4, 0.5) is 0 Å². The molecule has 0 spiro atoms. The zero-order chi connectivity index (χ0) is 15.4. The van der Waals surface area contributed by atoms with Crippen LogP contribution in [-0.2, 0) is 22.0 Å². The minimum atomic E-state index is -3.21. The molecule has 0 amide bonds. The number of halogens is 1. The van der Waals surface area contributed by atoms with Crippen LogP contribution >= 0.6 is 11.6 Å². The number of sulfonamides is 1. The number of alkyl halides is 1. The predicted molar refractivity (Wildman–Crippen MR) is 85.7 cm³/mol. The summed E-state index contributed by atoms with van der Waals surface area (Å²) in [5.74, 6) is 0.473. The van der Waals surface area contributed by atoms with Crippen molar-refractivity contribution in [2.24, 2.45) is 0 Å². The smallest absolute Gasteiger partial charge is 0.212 e. The molecule has 3 nitrogen and oxygen atoms in total. The van der Waals surface area contributed by atoms with Gasteiger partial charge in [-0.1, -0.05) is 45.0 Å². The maximum Gasteiger partial charge on any atom is 0.214 e. The lowest BCUT2D eigenvalue weighted by atomic mass is 9.87. The minimum absolute atomic E-state index is 0.104. The molecular weight excluding hydrogens is 294 g/mol. The summed E-state index contributed by atoms with van der Waals surface area (Å²) in [5.41, 5.74) is 2.35. The van der Waals surface area contributed by atoms with Gasteiger partial charge < -0.3 is 0 Å². The average molecular weight is 318 g/mol. The molecule has 20 heavy (non-hydrogen) atoms. The van der Waals surface area contributed by atoms with Crippen molar-refractivity contribution in [2.45, 2.75) is 39.2 Å². The summed E-state index contributed by atoms with van der Waals surface area (Å²) >= 11 is 5.55. The standard InChI is InChI=1S/C15H24ClNO2S/c1-15(2,3)14-8-6-13(7-9-14)12-17(4)20(18,19)11-5-10-16/h6-9H,5,10-12H2,1-4H3. The van der Waals surface area contributed by atoms with E-state index in [1.807, 2.05) is 12.1 Å². The van der Waals surface area contributed by atoms with E-state index in [0.29, 0.717) is 18.8 Å². The third kappa shape index (κ3) is 5.08. The van der Waals surface area contributed by atoms with Gasteiger partial charge in [0.05, 0.1) is 5.75 Å². The lowest BCUT2D eigenvalue weighted by Crippen LogP contribution is -2.29. The van der Waals surface area contributed by atoms with Gasteiger partial charge in [-0.05, 0) is 23.0 Å². The van der Waals surface area contributed by atoms with Crippen LogP contribution in [0.5, 0.6) is 0 Å². The zero-order valence-corrected chi connectivity index (χ0v) is 14.3. The maximum atomic E-state index is 12.0. The predicted octanol–water partition coefficient (Wildman–Crippen LogP) is 3.37. The molecule has 5 heteroatoms. The maximum absolute atomic E-state index is 12.0.